The van der Waals surface area contributed by atoms with Crippen molar-refractivity contribution in [3.05, 3.63) is 23.8 Å². The van der Waals surface area contributed by atoms with Crippen LogP contribution in [0.25, 0.3) is 0 Å². The van der Waals surface area contributed by atoms with Crippen LogP contribution in [-0.2, 0) is 20.7 Å². The molecule has 1 amide bonds. The van der Waals surface area contributed by atoms with Crippen LogP contribution in [0.15, 0.2) is 18.2 Å². The molecule has 0 spiro atoms. The van der Waals surface area contributed by atoms with Crippen LogP contribution in [-0.4, -0.2) is 61.4 Å². The highest BCUT2D eigenvalue weighted by Gasteiger charge is 2.32. The highest BCUT2D eigenvalue weighted by atomic mass is 16.5. The van der Waals surface area contributed by atoms with E-state index in [0.717, 1.165) is 29.9 Å². The standard InChI is InChI=1S/C19H25NO6/c1-24-15-5-4-13-9-14(12-26-17(13)10-15)19(23)20(7-6-18(21)22)11-16-3-2-8-25-16/h4-5,10,14,16H,2-3,6-9,11-12H2,1H3,(H,21,22)/t14-,16-/m0/s1. The molecular weight excluding hydrogens is 338 g/mol. The van der Waals surface area contributed by atoms with Crippen LogP contribution in [0.5, 0.6) is 11.5 Å². The number of rotatable bonds is 7. The number of carboxylic acid groups (broad SMARTS) is 1. The van der Waals surface area contributed by atoms with Crippen LogP contribution in [0.2, 0.25) is 0 Å². The van der Waals surface area contributed by atoms with Gasteiger partial charge in [-0.2, -0.15) is 0 Å². The minimum absolute atomic E-state index is 0.00574. The molecule has 1 fully saturated rings. The number of benzene rings is 1. The van der Waals surface area contributed by atoms with Crippen molar-refractivity contribution in [2.75, 3.05) is 33.4 Å². The van der Waals surface area contributed by atoms with Gasteiger partial charge in [-0.25, -0.2) is 0 Å². The molecule has 2 aliphatic heterocycles. The topological polar surface area (TPSA) is 85.3 Å². The first-order valence-corrected chi connectivity index (χ1v) is 8.98. The summed E-state index contributed by atoms with van der Waals surface area (Å²) in [5.74, 6) is 0.168. The Labute approximate surface area is 152 Å². The van der Waals surface area contributed by atoms with E-state index in [0.29, 0.717) is 19.6 Å². The molecule has 1 N–H and O–H groups in total. The first-order valence-electron chi connectivity index (χ1n) is 8.98. The zero-order chi connectivity index (χ0) is 18.5. The Morgan fingerprint density at radius 3 is 2.92 bits per heavy atom. The van der Waals surface area contributed by atoms with Gasteiger partial charge in [-0.05, 0) is 30.9 Å². The lowest BCUT2D eigenvalue weighted by Crippen LogP contribution is -2.45. The van der Waals surface area contributed by atoms with Crippen LogP contribution >= 0.6 is 0 Å². The van der Waals surface area contributed by atoms with Gasteiger partial charge in [-0.1, -0.05) is 6.07 Å². The summed E-state index contributed by atoms with van der Waals surface area (Å²) in [5.41, 5.74) is 0.964. The number of fused-ring (bicyclic) bond motifs is 1. The molecule has 7 nitrogen and oxygen atoms in total. The third-order valence-electron chi connectivity index (χ3n) is 4.89. The summed E-state index contributed by atoms with van der Waals surface area (Å²) in [7, 11) is 1.60. The predicted molar refractivity (Wildman–Crippen MR) is 93.5 cm³/mol. The van der Waals surface area contributed by atoms with Gasteiger partial charge in [-0.3, -0.25) is 9.59 Å². The summed E-state index contributed by atoms with van der Waals surface area (Å²) in [6.45, 7) is 1.62. The highest BCUT2D eigenvalue weighted by molar-refractivity contribution is 5.80. The molecule has 3 rings (SSSR count). The molecule has 142 valence electrons. The van der Waals surface area contributed by atoms with Gasteiger partial charge in [-0.15, -0.1) is 0 Å². The van der Waals surface area contributed by atoms with Gasteiger partial charge >= 0.3 is 5.97 Å². The van der Waals surface area contributed by atoms with Crippen molar-refractivity contribution >= 4 is 11.9 Å². The Bertz CT molecular complexity index is 655. The number of amides is 1. The quantitative estimate of drug-likeness (QED) is 0.794. The molecule has 0 aliphatic carbocycles. The molecule has 0 radical (unpaired) electrons. The van der Waals surface area contributed by atoms with Gasteiger partial charge in [0.2, 0.25) is 5.91 Å². The van der Waals surface area contributed by atoms with Gasteiger partial charge in [0.1, 0.15) is 18.1 Å². The maximum Gasteiger partial charge on any atom is 0.305 e. The average Bonchev–Trinajstić information content (AvgIpc) is 3.16. The zero-order valence-electron chi connectivity index (χ0n) is 15.0. The van der Waals surface area contributed by atoms with Crippen LogP contribution in [0.3, 0.4) is 0 Å². The van der Waals surface area contributed by atoms with E-state index in [2.05, 4.69) is 0 Å². The van der Waals surface area contributed by atoms with E-state index in [4.69, 9.17) is 19.3 Å². The molecule has 0 bridgehead atoms. The van der Waals surface area contributed by atoms with Gasteiger partial charge < -0.3 is 24.2 Å². The SMILES string of the molecule is COc1ccc2c(c1)OC[C@@H](C(=O)N(CCC(=O)O)C[C@@H]1CCCO1)C2. The minimum atomic E-state index is -0.910. The number of carboxylic acids is 1. The number of carbonyl (C=O) groups is 2. The summed E-state index contributed by atoms with van der Waals surface area (Å²) < 4.78 is 16.6. The van der Waals surface area contributed by atoms with Crippen molar-refractivity contribution in [3.63, 3.8) is 0 Å². The Kier molecular flexibility index (Phi) is 5.98. The van der Waals surface area contributed by atoms with E-state index < -0.39 is 5.97 Å². The second kappa shape index (κ2) is 8.40. The minimum Gasteiger partial charge on any atom is -0.497 e. The van der Waals surface area contributed by atoms with E-state index in [9.17, 15) is 9.59 Å². The van der Waals surface area contributed by atoms with Gasteiger partial charge in [0.15, 0.2) is 0 Å². The highest BCUT2D eigenvalue weighted by Crippen LogP contribution is 2.31. The lowest BCUT2D eigenvalue weighted by Gasteiger charge is -2.31. The molecule has 0 unspecified atom stereocenters. The smallest absolute Gasteiger partial charge is 0.305 e. The number of hydrogen-bond acceptors (Lipinski definition) is 5. The summed E-state index contributed by atoms with van der Waals surface area (Å²) >= 11 is 0. The van der Waals surface area contributed by atoms with Crippen molar-refractivity contribution in [1.29, 1.82) is 0 Å². The fraction of sp³-hybridized carbons (Fsp3) is 0.579. The van der Waals surface area contributed by atoms with Crippen LogP contribution in [0, 0.1) is 5.92 Å². The van der Waals surface area contributed by atoms with Gasteiger partial charge in [0.05, 0.1) is 25.6 Å². The van der Waals surface area contributed by atoms with E-state index in [1.165, 1.54) is 0 Å². The van der Waals surface area contributed by atoms with Gasteiger partial charge in [0.25, 0.3) is 0 Å². The first kappa shape index (κ1) is 18.5. The third-order valence-corrected chi connectivity index (χ3v) is 4.89. The molecule has 2 atom stereocenters. The Balaban J connectivity index is 1.67. The van der Waals surface area contributed by atoms with Crippen molar-refractivity contribution in [1.82, 2.24) is 4.90 Å². The van der Waals surface area contributed by atoms with Crippen molar-refractivity contribution in [2.24, 2.45) is 5.92 Å². The summed E-state index contributed by atoms with van der Waals surface area (Å²) in [6.07, 6.45) is 2.38. The van der Waals surface area contributed by atoms with E-state index in [1.54, 1.807) is 12.0 Å². The first-order chi connectivity index (χ1) is 12.6. The number of methoxy groups -OCH3 is 1. The molecule has 0 aromatic heterocycles. The van der Waals surface area contributed by atoms with Crippen molar-refractivity contribution in [2.45, 2.75) is 31.8 Å². The summed E-state index contributed by atoms with van der Waals surface area (Å²) in [5, 5.41) is 8.99. The van der Waals surface area contributed by atoms with Crippen molar-refractivity contribution in [3.8, 4) is 11.5 Å². The van der Waals surface area contributed by atoms with Crippen LogP contribution in [0.4, 0.5) is 0 Å². The molecule has 1 aromatic carbocycles. The Hall–Kier alpha value is -2.28. The molecule has 0 saturated carbocycles. The molecule has 2 heterocycles. The number of carbonyl (C=O) groups excluding carboxylic acids is 1. The number of aliphatic carboxylic acids is 1. The maximum atomic E-state index is 13.0. The third kappa shape index (κ3) is 4.46. The largest absolute Gasteiger partial charge is 0.497 e. The summed E-state index contributed by atoms with van der Waals surface area (Å²) in [6, 6.07) is 5.59. The molecule has 2 aliphatic rings. The second-order valence-electron chi connectivity index (χ2n) is 6.75. The Morgan fingerprint density at radius 2 is 2.23 bits per heavy atom. The Morgan fingerprint density at radius 1 is 1.38 bits per heavy atom. The van der Waals surface area contributed by atoms with Crippen LogP contribution < -0.4 is 9.47 Å². The second-order valence-corrected chi connectivity index (χ2v) is 6.75. The number of ether oxygens (including phenoxy) is 3. The van der Waals surface area contributed by atoms with Gasteiger partial charge in [0, 0.05) is 25.8 Å². The fourth-order valence-electron chi connectivity index (χ4n) is 3.45. The lowest BCUT2D eigenvalue weighted by molar-refractivity contribution is -0.141. The summed E-state index contributed by atoms with van der Waals surface area (Å²) in [4.78, 5) is 25.6. The zero-order valence-corrected chi connectivity index (χ0v) is 15.0. The predicted octanol–water partition coefficient (Wildman–Crippen LogP) is 1.73. The molecule has 7 heteroatoms. The fourth-order valence-corrected chi connectivity index (χ4v) is 3.45. The molecular formula is C19H25NO6. The molecule has 26 heavy (non-hydrogen) atoms. The van der Waals surface area contributed by atoms with E-state index in [-0.39, 0.29) is 37.5 Å². The maximum absolute atomic E-state index is 13.0. The average molecular weight is 363 g/mol. The number of nitrogens with zero attached hydrogens (tertiary/aromatic N) is 1. The lowest BCUT2D eigenvalue weighted by atomic mass is 9.95. The monoisotopic (exact) mass is 363 g/mol. The van der Waals surface area contributed by atoms with Crippen molar-refractivity contribution < 1.29 is 28.9 Å². The molecule has 1 saturated heterocycles. The molecule has 1 aromatic rings. The van der Waals surface area contributed by atoms with E-state index >= 15 is 0 Å². The van der Waals surface area contributed by atoms with Crippen LogP contribution in [0.1, 0.15) is 24.8 Å². The number of hydrogen-bond donors (Lipinski definition) is 1. The van der Waals surface area contributed by atoms with E-state index in [1.807, 2.05) is 18.2 Å². The normalized spacial score (nSPS) is 21.6.